The van der Waals surface area contributed by atoms with Crippen molar-refractivity contribution in [1.82, 2.24) is 4.31 Å². The van der Waals surface area contributed by atoms with Crippen LogP contribution in [0.25, 0.3) is 0 Å². The third-order valence-electron chi connectivity index (χ3n) is 5.42. The SMILES string of the molecule is O=C(CCc1ccc2c(c1)OCO2)Nc1ccc(S(=O)(=O)N2CCCCCC2)cc1. The number of amides is 1. The monoisotopic (exact) mass is 430 g/mol. The Kier molecular flexibility index (Phi) is 6.24. The first kappa shape index (κ1) is 20.7. The predicted molar refractivity (Wildman–Crippen MR) is 113 cm³/mol. The summed E-state index contributed by atoms with van der Waals surface area (Å²) in [5, 5.41) is 2.83. The van der Waals surface area contributed by atoms with Gasteiger partial charge in [-0.15, -0.1) is 0 Å². The van der Waals surface area contributed by atoms with Gasteiger partial charge in [0.05, 0.1) is 4.90 Å². The van der Waals surface area contributed by atoms with Crippen LogP contribution in [0.4, 0.5) is 5.69 Å². The van der Waals surface area contributed by atoms with Gasteiger partial charge in [-0.25, -0.2) is 8.42 Å². The first-order chi connectivity index (χ1) is 14.5. The lowest BCUT2D eigenvalue weighted by Gasteiger charge is -2.20. The van der Waals surface area contributed by atoms with E-state index in [1.807, 2.05) is 18.2 Å². The molecule has 8 heteroatoms. The maximum atomic E-state index is 12.8. The molecule has 0 spiro atoms. The minimum atomic E-state index is -3.48. The van der Waals surface area contributed by atoms with E-state index in [9.17, 15) is 13.2 Å². The number of nitrogens with zero attached hydrogens (tertiary/aromatic N) is 1. The van der Waals surface area contributed by atoms with E-state index in [0.717, 1.165) is 37.0 Å². The lowest BCUT2D eigenvalue weighted by atomic mass is 10.1. The van der Waals surface area contributed by atoms with Gasteiger partial charge < -0.3 is 14.8 Å². The van der Waals surface area contributed by atoms with Gasteiger partial charge in [-0.2, -0.15) is 4.31 Å². The fourth-order valence-electron chi connectivity index (χ4n) is 3.72. The first-order valence-electron chi connectivity index (χ1n) is 10.3. The first-order valence-corrected chi connectivity index (χ1v) is 11.7. The van der Waals surface area contributed by atoms with Gasteiger partial charge in [0.2, 0.25) is 22.7 Å². The van der Waals surface area contributed by atoms with E-state index in [1.165, 1.54) is 0 Å². The molecule has 7 nitrogen and oxygen atoms in total. The van der Waals surface area contributed by atoms with E-state index in [2.05, 4.69) is 5.32 Å². The van der Waals surface area contributed by atoms with Crippen LogP contribution in [-0.2, 0) is 21.2 Å². The van der Waals surface area contributed by atoms with Crippen LogP contribution < -0.4 is 14.8 Å². The minimum Gasteiger partial charge on any atom is -0.454 e. The molecule has 0 aromatic heterocycles. The van der Waals surface area contributed by atoms with E-state index >= 15 is 0 Å². The topological polar surface area (TPSA) is 84.9 Å². The van der Waals surface area contributed by atoms with Crippen molar-refractivity contribution in [3.63, 3.8) is 0 Å². The molecule has 0 saturated carbocycles. The molecule has 0 bridgehead atoms. The smallest absolute Gasteiger partial charge is 0.243 e. The summed E-state index contributed by atoms with van der Waals surface area (Å²) in [5.41, 5.74) is 1.58. The van der Waals surface area contributed by atoms with Gasteiger partial charge in [-0.3, -0.25) is 4.79 Å². The third-order valence-corrected chi connectivity index (χ3v) is 7.33. The molecule has 0 unspecified atom stereocenters. The highest BCUT2D eigenvalue weighted by Gasteiger charge is 2.25. The van der Waals surface area contributed by atoms with Gasteiger partial charge in [0, 0.05) is 25.2 Å². The Morgan fingerprint density at radius 2 is 1.63 bits per heavy atom. The van der Waals surface area contributed by atoms with Crippen LogP contribution in [0.3, 0.4) is 0 Å². The zero-order chi connectivity index (χ0) is 21.0. The second-order valence-electron chi connectivity index (χ2n) is 7.58. The standard InChI is InChI=1S/C22H26N2O5S/c25-22(12-6-17-5-11-20-21(15-17)29-16-28-20)23-18-7-9-19(10-8-18)30(26,27)24-13-3-1-2-4-14-24/h5,7-11,15H,1-4,6,12-14,16H2,(H,23,25). The van der Waals surface area contributed by atoms with Crippen molar-refractivity contribution in [3.8, 4) is 11.5 Å². The number of rotatable bonds is 6. The maximum absolute atomic E-state index is 12.8. The Balaban J connectivity index is 1.33. The number of hydrogen-bond donors (Lipinski definition) is 1. The highest BCUT2D eigenvalue weighted by Crippen LogP contribution is 2.32. The summed E-state index contributed by atoms with van der Waals surface area (Å²) >= 11 is 0. The van der Waals surface area contributed by atoms with Crippen LogP contribution >= 0.6 is 0 Å². The van der Waals surface area contributed by atoms with Crippen LogP contribution in [0.1, 0.15) is 37.7 Å². The average Bonchev–Trinajstić information content (AvgIpc) is 3.03. The summed E-state index contributed by atoms with van der Waals surface area (Å²) < 4.78 is 37.9. The molecule has 2 aromatic carbocycles. The molecule has 1 fully saturated rings. The number of fused-ring (bicyclic) bond motifs is 1. The number of carbonyl (C=O) groups is 1. The summed E-state index contributed by atoms with van der Waals surface area (Å²) in [6.45, 7) is 1.37. The third kappa shape index (κ3) is 4.76. The van der Waals surface area contributed by atoms with Crippen molar-refractivity contribution in [1.29, 1.82) is 0 Å². The molecule has 2 aliphatic rings. The summed E-state index contributed by atoms with van der Waals surface area (Å²) in [4.78, 5) is 12.6. The van der Waals surface area contributed by atoms with E-state index in [1.54, 1.807) is 28.6 Å². The molecule has 30 heavy (non-hydrogen) atoms. The second kappa shape index (κ2) is 9.06. The minimum absolute atomic E-state index is 0.129. The van der Waals surface area contributed by atoms with Crippen molar-refractivity contribution in [2.24, 2.45) is 0 Å². The molecular weight excluding hydrogens is 404 g/mol. The summed E-state index contributed by atoms with van der Waals surface area (Å²) in [5.74, 6) is 1.29. The number of sulfonamides is 1. The van der Waals surface area contributed by atoms with E-state index in [-0.39, 0.29) is 17.6 Å². The van der Waals surface area contributed by atoms with Gasteiger partial charge >= 0.3 is 0 Å². The molecule has 2 aliphatic heterocycles. The van der Waals surface area contributed by atoms with Gasteiger partial charge in [0.25, 0.3) is 0 Å². The zero-order valence-electron chi connectivity index (χ0n) is 16.8. The fraction of sp³-hybridized carbons (Fsp3) is 0.409. The normalized spacial score (nSPS) is 16.8. The Labute approximate surface area is 177 Å². The molecule has 1 N–H and O–H groups in total. The predicted octanol–water partition coefficient (Wildman–Crippen LogP) is 3.55. The molecule has 1 saturated heterocycles. The maximum Gasteiger partial charge on any atom is 0.243 e. The van der Waals surface area contributed by atoms with Crippen LogP contribution in [0.2, 0.25) is 0 Å². The number of benzene rings is 2. The van der Waals surface area contributed by atoms with Crippen molar-refractivity contribution in [2.45, 2.75) is 43.4 Å². The Bertz CT molecular complexity index is 997. The van der Waals surface area contributed by atoms with Gasteiger partial charge in [-0.05, 0) is 61.2 Å². The Morgan fingerprint density at radius 3 is 2.37 bits per heavy atom. The quantitative estimate of drug-likeness (QED) is 0.758. The van der Waals surface area contributed by atoms with Crippen molar-refractivity contribution < 1.29 is 22.7 Å². The number of hydrogen-bond acceptors (Lipinski definition) is 5. The molecule has 2 aromatic rings. The van der Waals surface area contributed by atoms with Gasteiger partial charge in [0.1, 0.15) is 0 Å². The van der Waals surface area contributed by atoms with Crippen molar-refractivity contribution >= 4 is 21.6 Å². The highest BCUT2D eigenvalue weighted by atomic mass is 32.2. The second-order valence-corrected chi connectivity index (χ2v) is 9.52. The number of carbonyl (C=O) groups excluding carboxylic acids is 1. The average molecular weight is 431 g/mol. The molecule has 0 aliphatic carbocycles. The lowest BCUT2D eigenvalue weighted by Crippen LogP contribution is -2.31. The van der Waals surface area contributed by atoms with Crippen LogP contribution in [0.5, 0.6) is 11.5 Å². The summed E-state index contributed by atoms with van der Waals surface area (Å²) in [6.07, 6.45) is 4.83. The van der Waals surface area contributed by atoms with E-state index in [0.29, 0.717) is 37.4 Å². The van der Waals surface area contributed by atoms with Crippen molar-refractivity contribution in [2.75, 3.05) is 25.2 Å². The molecule has 2 heterocycles. The highest BCUT2D eigenvalue weighted by molar-refractivity contribution is 7.89. The van der Waals surface area contributed by atoms with Crippen molar-refractivity contribution in [3.05, 3.63) is 48.0 Å². The molecular formula is C22H26N2O5S. The molecule has 4 rings (SSSR count). The van der Waals surface area contributed by atoms with E-state index in [4.69, 9.17) is 9.47 Å². The van der Waals surface area contributed by atoms with Gasteiger partial charge in [0.15, 0.2) is 11.5 Å². The Morgan fingerprint density at radius 1 is 0.933 bits per heavy atom. The van der Waals surface area contributed by atoms with Crippen LogP contribution in [-0.4, -0.2) is 38.5 Å². The van der Waals surface area contributed by atoms with E-state index < -0.39 is 10.0 Å². The number of anilines is 1. The number of aryl methyl sites for hydroxylation is 1. The molecule has 0 atom stereocenters. The van der Waals surface area contributed by atoms with Crippen LogP contribution in [0, 0.1) is 0 Å². The molecule has 0 radical (unpaired) electrons. The summed E-state index contributed by atoms with van der Waals surface area (Å²) in [7, 11) is -3.48. The lowest BCUT2D eigenvalue weighted by molar-refractivity contribution is -0.116. The zero-order valence-corrected chi connectivity index (χ0v) is 17.6. The molecule has 1 amide bonds. The Hall–Kier alpha value is -2.58. The largest absolute Gasteiger partial charge is 0.454 e. The number of ether oxygens (including phenoxy) is 2. The molecule has 160 valence electrons. The number of nitrogens with one attached hydrogen (secondary N) is 1. The van der Waals surface area contributed by atoms with Gasteiger partial charge in [-0.1, -0.05) is 18.9 Å². The van der Waals surface area contributed by atoms with Crippen LogP contribution in [0.15, 0.2) is 47.4 Å². The fourth-order valence-corrected chi connectivity index (χ4v) is 5.24. The summed E-state index contributed by atoms with van der Waals surface area (Å²) in [6, 6.07) is 12.1.